The summed E-state index contributed by atoms with van der Waals surface area (Å²) >= 11 is 0. The first kappa shape index (κ1) is 62.8. The Labute approximate surface area is 394 Å². The SMILES string of the molecule is CC.CC.CCC.CCC.CCC.CCC.Cc1ccc(O)cc1.Cc1ccc(O)cc1.Oc1cccc2ccccc12.Oc1cccc2ccccc12.Oc1cccc2ccccc12. The Morgan fingerprint density at radius 3 is 0.631 bits per heavy atom. The number of aromatic hydroxyl groups is 5. The molecule has 0 saturated carbocycles. The number of rotatable bonds is 0. The Hall–Kier alpha value is -6.46. The van der Waals surface area contributed by atoms with Gasteiger partial charge in [0.1, 0.15) is 28.7 Å². The largest absolute Gasteiger partial charge is 0.508 e. The molecule has 5 heteroatoms. The van der Waals surface area contributed by atoms with E-state index < -0.39 is 0 Å². The summed E-state index contributed by atoms with van der Waals surface area (Å²) < 4.78 is 0. The zero-order valence-corrected chi connectivity index (χ0v) is 42.3. The number of benzene rings is 8. The molecule has 0 spiro atoms. The fourth-order valence-electron chi connectivity index (χ4n) is 4.71. The lowest BCUT2D eigenvalue weighted by molar-refractivity contribution is 0.474. The number of fused-ring (bicyclic) bond motifs is 3. The fourth-order valence-corrected chi connectivity index (χ4v) is 4.71. The number of phenolic OH excluding ortho intramolecular Hbond substituents is 5. The van der Waals surface area contributed by atoms with Crippen molar-refractivity contribution < 1.29 is 25.5 Å². The number of hydrogen-bond donors (Lipinski definition) is 5. The smallest absolute Gasteiger partial charge is 0.123 e. The maximum absolute atomic E-state index is 9.37. The molecule has 0 bridgehead atoms. The van der Waals surface area contributed by atoms with Gasteiger partial charge in [0.05, 0.1) is 0 Å². The summed E-state index contributed by atoms with van der Waals surface area (Å²) in [6.07, 6.45) is 5.00. The summed E-state index contributed by atoms with van der Waals surface area (Å²) in [5.74, 6) is 1.71. The Balaban J connectivity index is -0.000000687. The molecule has 5 N–H and O–H groups in total. The summed E-state index contributed by atoms with van der Waals surface area (Å²) in [5.41, 5.74) is 2.34. The van der Waals surface area contributed by atoms with E-state index in [9.17, 15) is 15.3 Å². The van der Waals surface area contributed by atoms with Crippen LogP contribution in [0.2, 0.25) is 0 Å². The lowest BCUT2D eigenvalue weighted by Crippen LogP contribution is -1.70. The molecule has 0 atom stereocenters. The van der Waals surface area contributed by atoms with Gasteiger partial charge in [0, 0.05) is 16.2 Å². The van der Waals surface area contributed by atoms with E-state index in [2.05, 4.69) is 55.4 Å². The second kappa shape index (κ2) is 42.8. The highest BCUT2D eigenvalue weighted by atomic mass is 16.3. The van der Waals surface area contributed by atoms with Crippen molar-refractivity contribution in [2.45, 2.75) is 123 Å². The summed E-state index contributed by atoms with van der Waals surface area (Å²) in [7, 11) is 0. The minimum Gasteiger partial charge on any atom is -0.508 e. The Morgan fingerprint density at radius 2 is 0.446 bits per heavy atom. The maximum atomic E-state index is 9.37. The lowest BCUT2D eigenvalue weighted by atomic mass is 10.1. The van der Waals surface area contributed by atoms with Crippen LogP contribution in [0.4, 0.5) is 0 Å². The summed E-state index contributed by atoms with van der Waals surface area (Å²) in [5, 5.41) is 51.6. The molecule has 8 aromatic carbocycles. The van der Waals surface area contributed by atoms with Gasteiger partial charge in [0.25, 0.3) is 0 Å². The monoisotopic (exact) mass is 885 g/mol. The predicted molar refractivity (Wildman–Crippen MR) is 289 cm³/mol. The van der Waals surface area contributed by atoms with Crippen molar-refractivity contribution in [1.29, 1.82) is 0 Å². The molecule has 0 aliphatic heterocycles. The first-order chi connectivity index (χ1) is 31.4. The van der Waals surface area contributed by atoms with E-state index in [1.54, 1.807) is 42.5 Å². The summed E-state index contributed by atoms with van der Waals surface area (Å²) in [6, 6.07) is 54.1. The van der Waals surface area contributed by atoms with E-state index >= 15 is 0 Å². The van der Waals surface area contributed by atoms with E-state index in [4.69, 9.17) is 10.2 Å². The molecule has 8 aromatic rings. The van der Waals surface area contributed by atoms with Gasteiger partial charge in [-0.15, -0.1) is 0 Å². The number of aryl methyl sites for hydroxylation is 2. The van der Waals surface area contributed by atoms with Crippen LogP contribution in [0.15, 0.2) is 176 Å². The van der Waals surface area contributed by atoms with E-state index in [0.29, 0.717) is 28.7 Å². The van der Waals surface area contributed by atoms with Gasteiger partial charge in [-0.25, -0.2) is 0 Å². The molecule has 0 radical (unpaired) electrons. The molecule has 0 unspecified atom stereocenters. The second-order valence-corrected chi connectivity index (χ2v) is 14.0. The lowest BCUT2D eigenvalue weighted by Gasteiger charge is -1.97. The molecule has 0 aliphatic rings. The minimum atomic E-state index is 0.329. The van der Waals surface area contributed by atoms with E-state index in [0.717, 1.165) is 32.3 Å². The van der Waals surface area contributed by atoms with Gasteiger partial charge in [-0.2, -0.15) is 0 Å². The van der Waals surface area contributed by atoms with Crippen LogP contribution in [0.5, 0.6) is 28.7 Å². The van der Waals surface area contributed by atoms with Crippen LogP contribution in [-0.2, 0) is 0 Å². The normalized spacial score (nSPS) is 8.71. The van der Waals surface area contributed by atoms with Gasteiger partial charge in [-0.1, -0.05) is 253 Å². The molecule has 0 aromatic heterocycles. The topological polar surface area (TPSA) is 101 Å². The average molecular weight is 885 g/mol. The quantitative estimate of drug-likeness (QED) is 0.104. The van der Waals surface area contributed by atoms with Crippen molar-refractivity contribution >= 4 is 32.3 Å². The van der Waals surface area contributed by atoms with Crippen LogP contribution in [0.1, 0.15) is 120 Å². The summed E-state index contributed by atoms with van der Waals surface area (Å²) in [4.78, 5) is 0. The van der Waals surface area contributed by atoms with Gasteiger partial charge in [0.2, 0.25) is 0 Å². The van der Waals surface area contributed by atoms with Crippen molar-refractivity contribution in [1.82, 2.24) is 0 Å². The van der Waals surface area contributed by atoms with E-state index in [1.807, 2.05) is 175 Å². The highest BCUT2D eigenvalue weighted by Gasteiger charge is 1.96. The molecule has 354 valence electrons. The van der Waals surface area contributed by atoms with Gasteiger partial charge >= 0.3 is 0 Å². The van der Waals surface area contributed by atoms with Crippen LogP contribution in [0, 0.1) is 13.8 Å². The first-order valence-corrected chi connectivity index (χ1v) is 23.4. The molecule has 0 fully saturated rings. The summed E-state index contributed by atoms with van der Waals surface area (Å²) in [6.45, 7) is 29.0. The van der Waals surface area contributed by atoms with Crippen molar-refractivity contribution in [3.05, 3.63) is 187 Å². The van der Waals surface area contributed by atoms with E-state index in [-0.39, 0.29) is 0 Å². The van der Waals surface area contributed by atoms with E-state index in [1.165, 1.54) is 36.8 Å². The van der Waals surface area contributed by atoms with Crippen LogP contribution in [0.25, 0.3) is 32.3 Å². The molecular formula is C60H84O5. The van der Waals surface area contributed by atoms with Crippen LogP contribution >= 0.6 is 0 Å². The highest BCUT2D eigenvalue weighted by molar-refractivity contribution is 5.89. The molecule has 65 heavy (non-hydrogen) atoms. The second-order valence-electron chi connectivity index (χ2n) is 14.0. The average Bonchev–Trinajstić information content (AvgIpc) is 3.32. The van der Waals surface area contributed by atoms with Crippen molar-refractivity contribution in [2.24, 2.45) is 0 Å². The minimum absolute atomic E-state index is 0.329. The van der Waals surface area contributed by atoms with Gasteiger partial charge < -0.3 is 25.5 Å². The zero-order valence-electron chi connectivity index (χ0n) is 42.3. The Kier molecular flexibility index (Phi) is 41.4. The Morgan fingerprint density at radius 1 is 0.262 bits per heavy atom. The number of hydrogen-bond acceptors (Lipinski definition) is 5. The molecule has 0 amide bonds. The van der Waals surface area contributed by atoms with Gasteiger partial charge in [0.15, 0.2) is 0 Å². The van der Waals surface area contributed by atoms with Crippen LogP contribution in [0.3, 0.4) is 0 Å². The van der Waals surface area contributed by atoms with Crippen LogP contribution in [-0.4, -0.2) is 25.5 Å². The van der Waals surface area contributed by atoms with Crippen molar-refractivity contribution in [2.75, 3.05) is 0 Å². The molecular weight excluding hydrogens is 801 g/mol. The highest BCUT2D eigenvalue weighted by Crippen LogP contribution is 2.25. The number of phenols is 5. The molecule has 0 aliphatic carbocycles. The molecule has 5 nitrogen and oxygen atoms in total. The first-order valence-electron chi connectivity index (χ1n) is 23.4. The zero-order chi connectivity index (χ0) is 49.8. The molecule has 8 rings (SSSR count). The third-order valence-electron chi connectivity index (χ3n) is 7.37. The fraction of sp³-hybridized carbons (Fsp3) is 0.300. The Bertz CT molecular complexity index is 1970. The standard InChI is InChI=1S/3C10H8O.2C7H8O.4C3H8.2C2H6/c3*11-10-7-3-5-8-4-1-2-6-9(8)10;2*1-6-2-4-7(8)5-3-6;4*1-3-2;2*1-2/h3*1-7,11H;2*2-5,8H,1H3;4*3H2,1-2H3;2*1-2H3. The molecule has 0 heterocycles. The van der Waals surface area contributed by atoms with Gasteiger partial charge in [-0.05, 0) is 72.5 Å². The van der Waals surface area contributed by atoms with Crippen molar-refractivity contribution in [3.63, 3.8) is 0 Å². The van der Waals surface area contributed by atoms with Gasteiger partial charge in [-0.3, -0.25) is 0 Å². The third kappa shape index (κ3) is 30.3. The van der Waals surface area contributed by atoms with Crippen LogP contribution < -0.4 is 0 Å². The van der Waals surface area contributed by atoms with Crippen molar-refractivity contribution in [3.8, 4) is 28.7 Å². The molecule has 0 saturated heterocycles. The third-order valence-corrected chi connectivity index (χ3v) is 7.37. The predicted octanol–water partition coefficient (Wildman–Crippen LogP) is 18.8. The maximum Gasteiger partial charge on any atom is 0.123 e.